The van der Waals surface area contributed by atoms with Gasteiger partial charge in [-0.3, -0.25) is 0 Å². The van der Waals surface area contributed by atoms with E-state index in [0.717, 1.165) is 72.5 Å². The Bertz CT molecular complexity index is 3910. The van der Waals surface area contributed by atoms with Crippen molar-refractivity contribution in [1.29, 1.82) is 0 Å². The fourth-order valence-corrected chi connectivity index (χ4v) is 10.2. The Kier molecular flexibility index (Phi) is 9.84. The largest absolute Gasteiger partial charge is 0.456 e. The fraction of sp³-hybridized carbons (Fsp3) is 0. The van der Waals surface area contributed by atoms with E-state index in [1.807, 2.05) is 12.1 Å². The van der Waals surface area contributed by atoms with Crippen molar-refractivity contribution < 1.29 is 4.42 Å². The molecule has 0 atom stereocenters. The van der Waals surface area contributed by atoms with Crippen LogP contribution in [0.1, 0.15) is 0 Å². The molecule has 13 aromatic rings. The molecule has 2 aromatic heterocycles. The van der Waals surface area contributed by atoms with Crippen molar-refractivity contribution in [2.45, 2.75) is 0 Å². The molecule has 0 radical (unpaired) electrons. The quantitative estimate of drug-likeness (QED) is 0.144. The summed E-state index contributed by atoms with van der Waals surface area (Å²) in [5.41, 5.74) is 20.3. The van der Waals surface area contributed by atoms with Crippen LogP contribution in [-0.4, -0.2) is 4.57 Å². The van der Waals surface area contributed by atoms with Crippen LogP contribution in [0.15, 0.2) is 271 Å². The van der Waals surface area contributed by atoms with Gasteiger partial charge in [-0.05, 0) is 123 Å². The molecule has 0 spiro atoms. The summed E-state index contributed by atoms with van der Waals surface area (Å²) >= 11 is 0. The summed E-state index contributed by atoms with van der Waals surface area (Å²) in [5, 5.41) is 4.79. The number of aromatic nitrogens is 1. The second-order valence-corrected chi connectivity index (χ2v) is 17.7. The van der Waals surface area contributed by atoms with E-state index in [1.54, 1.807) is 0 Å². The Hall–Kier alpha value is -9.18. The summed E-state index contributed by atoms with van der Waals surface area (Å²) in [6, 6.07) is 96.1. The first-order valence-electron chi connectivity index (χ1n) is 23.6. The van der Waals surface area contributed by atoms with Gasteiger partial charge in [0.1, 0.15) is 11.2 Å². The lowest BCUT2D eigenvalue weighted by atomic mass is 9.99. The molecular weight excluding hydrogens is 837 g/mol. The zero-order valence-corrected chi connectivity index (χ0v) is 37.7. The second-order valence-electron chi connectivity index (χ2n) is 17.7. The minimum absolute atomic E-state index is 0.906. The predicted octanol–water partition coefficient (Wildman–Crippen LogP) is 18.5. The highest BCUT2D eigenvalue weighted by Crippen LogP contribution is 2.41. The van der Waals surface area contributed by atoms with Gasteiger partial charge in [0.15, 0.2) is 0 Å². The first-order chi connectivity index (χ1) is 34.2. The normalized spacial score (nSPS) is 11.5. The lowest BCUT2D eigenvalue weighted by Gasteiger charge is -2.26. The van der Waals surface area contributed by atoms with Crippen LogP contribution in [0.3, 0.4) is 0 Å². The molecule has 3 nitrogen and oxygen atoms in total. The van der Waals surface area contributed by atoms with Gasteiger partial charge in [0.2, 0.25) is 0 Å². The number of para-hydroxylation sites is 4. The van der Waals surface area contributed by atoms with E-state index >= 15 is 0 Å². The van der Waals surface area contributed by atoms with E-state index in [9.17, 15) is 0 Å². The van der Waals surface area contributed by atoms with Gasteiger partial charge in [-0.25, -0.2) is 0 Å². The molecule has 0 N–H and O–H groups in total. The number of anilines is 3. The third-order valence-electron chi connectivity index (χ3n) is 13.7. The smallest absolute Gasteiger partial charge is 0.136 e. The molecule has 69 heavy (non-hydrogen) atoms. The van der Waals surface area contributed by atoms with Gasteiger partial charge in [0, 0.05) is 44.2 Å². The van der Waals surface area contributed by atoms with Gasteiger partial charge in [-0.1, -0.05) is 194 Å². The summed E-state index contributed by atoms with van der Waals surface area (Å²) in [5.74, 6) is 0. The highest BCUT2D eigenvalue weighted by molar-refractivity contribution is 6.10. The van der Waals surface area contributed by atoms with Gasteiger partial charge in [0.05, 0.1) is 16.7 Å². The van der Waals surface area contributed by atoms with Gasteiger partial charge < -0.3 is 13.9 Å². The van der Waals surface area contributed by atoms with Crippen molar-refractivity contribution in [2.24, 2.45) is 0 Å². The second kappa shape index (κ2) is 16.9. The molecule has 0 unspecified atom stereocenters. The molecule has 0 fully saturated rings. The van der Waals surface area contributed by atoms with Gasteiger partial charge in [0.25, 0.3) is 0 Å². The number of hydrogen-bond acceptors (Lipinski definition) is 2. The number of furan rings is 1. The Morgan fingerprint density at radius 2 is 0.638 bits per heavy atom. The first kappa shape index (κ1) is 40.1. The molecule has 0 aliphatic heterocycles. The number of nitrogens with zero attached hydrogens (tertiary/aromatic N) is 2. The summed E-state index contributed by atoms with van der Waals surface area (Å²) < 4.78 is 8.62. The Labute approximate surface area is 401 Å². The highest BCUT2D eigenvalue weighted by atomic mass is 16.3. The van der Waals surface area contributed by atoms with E-state index in [4.69, 9.17) is 4.42 Å². The maximum atomic E-state index is 6.21. The van der Waals surface area contributed by atoms with Crippen LogP contribution in [0.25, 0.3) is 105 Å². The average Bonchev–Trinajstić information content (AvgIpc) is 3.97. The van der Waals surface area contributed by atoms with Crippen LogP contribution in [0.5, 0.6) is 0 Å². The zero-order valence-electron chi connectivity index (χ0n) is 37.7. The third kappa shape index (κ3) is 7.25. The maximum absolute atomic E-state index is 6.21. The first-order valence-corrected chi connectivity index (χ1v) is 23.6. The topological polar surface area (TPSA) is 21.3 Å². The number of rotatable bonds is 9. The van der Waals surface area contributed by atoms with Crippen molar-refractivity contribution in [2.75, 3.05) is 4.90 Å². The molecule has 0 aliphatic rings. The van der Waals surface area contributed by atoms with Crippen LogP contribution < -0.4 is 4.90 Å². The molecule has 0 amide bonds. The predicted molar refractivity (Wildman–Crippen MR) is 290 cm³/mol. The Balaban J connectivity index is 0.839. The van der Waals surface area contributed by atoms with Crippen LogP contribution in [0, 0.1) is 0 Å². The lowest BCUT2D eigenvalue weighted by Crippen LogP contribution is -2.09. The van der Waals surface area contributed by atoms with E-state index in [1.165, 1.54) is 49.6 Å². The number of benzene rings is 11. The van der Waals surface area contributed by atoms with Gasteiger partial charge in [-0.15, -0.1) is 0 Å². The number of hydrogen-bond donors (Lipinski definition) is 0. The summed E-state index contributed by atoms with van der Waals surface area (Å²) in [6.07, 6.45) is 0. The standard InChI is InChI=1S/C66H44N2O/c1-2-12-45(13-3-1)46-22-24-47(25-23-46)49-30-37-54(38-31-49)67(55-39-32-50(33-40-55)48-26-28-51(29-27-48)53-36-43-61-60-17-7-11-21-65(60)69-66(61)44-53)56-41-34-52(35-42-56)57-14-4-8-18-62(57)68-63-19-9-5-15-58(63)59-16-6-10-20-64(59)68/h1-44H. The van der Waals surface area contributed by atoms with Crippen LogP contribution in [0.4, 0.5) is 17.1 Å². The monoisotopic (exact) mass is 880 g/mol. The third-order valence-corrected chi connectivity index (χ3v) is 13.7. The SMILES string of the molecule is c1ccc(-c2ccc(-c3ccc(N(c4ccc(-c5ccc(-c6ccc7c(c6)oc6ccccc67)cc5)cc4)c4ccc(-c5ccccc5-n5c6ccccc6c6ccccc65)cc4)cc3)cc2)cc1. The molecule has 0 saturated carbocycles. The molecule has 3 heteroatoms. The van der Waals surface area contributed by atoms with E-state index < -0.39 is 0 Å². The van der Waals surface area contributed by atoms with Crippen molar-refractivity contribution >= 4 is 60.8 Å². The van der Waals surface area contributed by atoms with E-state index in [0.29, 0.717) is 0 Å². The molecule has 0 bridgehead atoms. The summed E-state index contributed by atoms with van der Waals surface area (Å²) in [4.78, 5) is 2.35. The van der Waals surface area contributed by atoms with Crippen molar-refractivity contribution in [3.8, 4) is 61.3 Å². The van der Waals surface area contributed by atoms with E-state index in [2.05, 4.69) is 264 Å². The average molecular weight is 881 g/mol. The molecule has 0 aliphatic carbocycles. The highest BCUT2D eigenvalue weighted by Gasteiger charge is 2.18. The lowest BCUT2D eigenvalue weighted by molar-refractivity contribution is 0.669. The number of fused-ring (bicyclic) bond motifs is 6. The molecule has 324 valence electrons. The fourth-order valence-electron chi connectivity index (χ4n) is 10.2. The van der Waals surface area contributed by atoms with Crippen molar-refractivity contribution in [1.82, 2.24) is 4.57 Å². The Morgan fingerprint density at radius 3 is 1.19 bits per heavy atom. The summed E-state index contributed by atoms with van der Waals surface area (Å²) in [6.45, 7) is 0. The van der Waals surface area contributed by atoms with E-state index in [-0.39, 0.29) is 0 Å². The van der Waals surface area contributed by atoms with Gasteiger partial charge >= 0.3 is 0 Å². The van der Waals surface area contributed by atoms with Crippen LogP contribution >= 0.6 is 0 Å². The zero-order chi connectivity index (χ0) is 45.7. The van der Waals surface area contributed by atoms with Crippen molar-refractivity contribution in [3.05, 3.63) is 267 Å². The molecular formula is C66H44N2O. The minimum Gasteiger partial charge on any atom is -0.456 e. The van der Waals surface area contributed by atoms with Crippen molar-refractivity contribution in [3.63, 3.8) is 0 Å². The molecule has 13 rings (SSSR count). The Morgan fingerprint density at radius 1 is 0.261 bits per heavy atom. The van der Waals surface area contributed by atoms with Crippen LogP contribution in [0.2, 0.25) is 0 Å². The molecule has 11 aromatic carbocycles. The molecule has 0 saturated heterocycles. The maximum Gasteiger partial charge on any atom is 0.136 e. The van der Waals surface area contributed by atoms with Gasteiger partial charge in [-0.2, -0.15) is 0 Å². The van der Waals surface area contributed by atoms with Crippen LogP contribution in [-0.2, 0) is 0 Å². The summed E-state index contributed by atoms with van der Waals surface area (Å²) in [7, 11) is 0. The molecule has 2 heterocycles. The minimum atomic E-state index is 0.906.